The lowest BCUT2D eigenvalue weighted by atomic mass is 10.1. The lowest BCUT2D eigenvalue weighted by Gasteiger charge is -2.05. The third-order valence-electron chi connectivity index (χ3n) is 3.11. The summed E-state index contributed by atoms with van der Waals surface area (Å²) in [6.45, 7) is 0. The molecule has 0 atom stereocenters. The number of nitrogens with zero attached hydrogens (tertiary/aromatic N) is 1. The molecule has 0 N–H and O–H groups in total. The zero-order chi connectivity index (χ0) is 13.9. The molecule has 0 saturated carbocycles. The maximum atomic E-state index is 12.1. The molecule has 2 aromatic carbocycles. The van der Waals surface area contributed by atoms with Crippen LogP contribution in [0.4, 0.5) is 0 Å². The Labute approximate surface area is 117 Å². The van der Waals surface area contributed by atoms with Gasteiger partial charge in [0.15, 0.2) is 12.4 Å². The summed E-state index contributed by atoms with van der Waals surface area (Å²) in [7, 11) is 1.87. The van der Waals surface area contributed by atoms with Gasteiger partial charge < -0.3 is 4.74 Å². The van der Waals surface area contributed by atoms with E-state index in [1.807, 2.05) is 66.3 Å². The van der Waals surface area contributed by atoms with Gasteiger partial charge in [-0.2, -0.15) is 0 Å². The van der Waals surface area contributed by atoms with Crippen LogP contribution in [0.3, 0.4) is 0 Å². The van der Waals surface area contributed by atoms with Crippen LogP contribution in [0.2, 0.25) is 0 Å². The van der Waals surface area contributed by atoms with Crippen LogP contribution in [-0.2, 0) is 7.05 Å². The van der Waals surface area contributed by atoms with Gasteiger partial charge in [0, 0.05) is 6.07 Å². The standard InChI is InChI=1S/C17H14NO2/c1-18-10-4-7-15(12-18)17(19)20-16-9-8-13-5-2-3-6-14(13)11-16/h2-12H,1H3/q+1. The third-order valence-corrected chi connectivity index (χ3v) is 3.11. The van der Waals surface area contributed by atoms with Gasteiger partial charge in [0.1, 0.15) is 18.4 Å². The van der Waals surface area contributed by atoms with Crippen molar-refractivity contribution in [3.8, 4) is 5.75 Å². The molecular formula is C17H14NO2+. The molecule has 0 unspecified atom stereocenters. The Morgan fingerprint density at radius 1 is 1.00 bits per heavy atom. The largest absolute Gasteiger partial charge is 0.423 e. The normalized spacial score (nSPS) is 10.4. The zero-order valence-corrected chi connectivity index (χ0v) is 11.1. The molecular weight excluding hydrogens is 250 g/mol. The Kier molecular flexibility index (Phi) is 3.17. The molecule has 0 aliphatic heterocycles. The molecule has 0 saturated heterocycles. The summed E-state index contributed by atoms with van der Waals surface area (Å²) in [4.78, 5) is 12.1. The third kappa shape index (κ3) is 2.52. The van der Waals surface area contributed by atoms with Crippen LogP contribution in [0.5, 0.6) is 5.75 Å². The Morgan fingerprint density at radius 3 is 2.60 bits per heavy atom. The SMILES string of the molecule is C[n+]1cccc(C(=O)Oc2ccc3ccccc3c2)c1. The molecule has 1 heterocycles. The molecule has 0 aliphatic rings. The summed E-state index contributed by atoms with van der Waals surface area (Å²) in [5.74, 6) is 0.205. The lowest BCUT2D eigenvalue weighted by molar-refractivity contribution is -0.671. The maximum absolute atomic E-state index is 12.1. The van der Waals surface area contributed by atoms with E-state index in [0.29, 0.717) is 11.3 Å². The molecule has 0 amide bonds. The van der Waals surface area contributed by atoms with E-state index >= 15 is 0 Å². The van der Waals surface area contributed by atoms with E-state index in [1.165, 1.54) is 0 Å². The minimum atomic E-state index is -0.350. The molecule has 0 aliphatic carbocycles. The highest BCUT2D eigenvalue weighted by Gasteiger charge is 2.11. The highest BCUT2D eigenvalue weighted by atomic mass is 16.5. The van der Waals surface area contributed by atoms with Gasteiger partial charge in [-0.3, -0.25) is 0 Å². The van der Waals surface area contributed by atoms with Gasteiger partial charge in [-0.15, -0.1) is 0 Å². The predicted octanol–water partition coefficient (Wildman–Crippen LogP) is 2.88. The molecule has 0 bridgehead atoms. The highest BCUT2D eigenvalue weighted by Crippen LogP contribution is 2.21. The van der Waals surface area contributed by atoms with E-state index in [0.717, 1.165) is 10.8 Å². The van der Waals surface area contributed by atoms with E-state index < -0.39 is 0 Å². The second-order valence-corrected chi connectivity index (χ2v) is 4.66. The van der Waals surface area contributed by atoms with E-state index in [1.54, 1.807) is 12.3 Å². The van der Waals surface area contributed by atoms with Crippen LogP contribution in [0.25, 0.3) is 10.8 Å². The van der Waals surface area contributed by atoms with Crippen LogP contribution >= 0.6 is 0 Å². The lowest BCUT2D eigenvalue weighted by Crippen LogP contribution is -2.28. The van der Waals surface area contributed by atoms with E-state index in [4.69, 9.17) is 4.74 Å². The van der Waals surface area contributed by atoms with Gasteiger partial charge in [0.2, 0.25) is 0 Å². The van der Waals surface area contributed by atoms with Crippen molar-refractivity contribution in [2.75, 3.05) is 0 Å². The number of carbonyl (C=O) groups excluding carboxylic acids is 1. The number of hydrogen-bond donors (Lipinski definition) is 0. The van der Waals surface area contributed by atoms with Gasteiger partial charge in [-0.05, 0) is 29.0 Å². The van der Waals surface area contributed by atoms with Crippen LogP contribution in [0.15, 0.2) is 67.0 Å². The Balaban J connectivity index is 1.87. The molecule has 0 radical (unpaired) electrons. The van der Waals surface area contributed by atoms with E-state index in [2.05, 4.69) is 0 Å². The molecule has 0 fully saturated rings. The van der Waals surface area contributed by atoms with Crippen molar-refractivity contribution < 1.29 is 14.1 Å². The summed E-state index contributed by atoms with van der Waals surface area (Å²) >= 11 is 0. The molecule has 1 aromatic heterocycles. The Hall–Kier alpha value is -2.68. The van der Waals surface area contributed by atoms with Crippen LogP contribution in [-0.4, -0.2) is 5.97 Å². The molecule has 0 spiro atoms. The number of hydrogen-bond acceptors (Lipinski definition) is 2. The Morgan fingerprint density at radius 2 is 1.80 bits per heavy atom. The molecule has 3 rings (SSSR count). The van der Waals surface area contributed by atoms with Gasteiger partial charge in [-0.1, -0.05) is 30.3 Å². The quantitative estimate of drug-likeness (QED) is 0.405. The fourth-order valence-corrected chi connectivity index (χ4v) is 2.11. The first-order chi connectivity index (χ1) is 9.72. The average Bonchev–Trinajstić information content (AvgIpc) is 2.47. The maximum Gasteiger partial charge on any atom is 0.349 e. The van der Waals surface area contributed by atoms with Gasteiger partial charge >= 0.3 is 5.97 Å². The van der Waals surface area contributed by atoms with Crippen molar-refractivity contribution in [1.82, 2.24) is 0 Å². The van der Waals surface area contributed by atoms with Crippen LogP contribution in [0, 0.1) is 0 Å². The number of benzene rings is 2. The zero-order valence-electron chi connectivity index (χ0n) is 11.1. The van der Waals surface area contributed by atoms with Gasteiger partial charge in [0.05, 0.1) is 0 Å². The van der Waals surface area contributed by atoms with Crippen molar-refractivity contribution in [1.29, 1.82) is 0 Å². The molecule has 3 nitrogen and oxygen atoms in total. The van der Waals surface area contributed by atoms with E-state index in [9.17, 15) is 4.79 Å². The monoisotopic (exact) mass is 264 g/mol. The second-order valence-electron chi connectivity index (χ2n) is 4.66. The number of fused-ring (bicyclic) bond motifs is 1. The first-order valence-corrected chi connectivity index (χ1v) is 6.39. The summed E-state index contributed by atoms with van der Waals surface area (Å²) in [5.41, 5.74) is 0.531. The number of carbonyl (C=O) groups is 1. The van der Waals surface area contributed by atoms with Crippen molar-refractivity contribution >= 4 is 16.7 Å². The highest BCUT2D eigenvalue weighted by molar-refractivity contribution is 5.91. The average molecular weight is 264 g/mol. The fourth-order valence-electron chi connectivity index (χ4n) is 2.11. The summed E-state index contributed by atoms with van der Waals surface area (Å²) in [6.07, 6.45) is 3.61. The van der Waals surface area contributed by atoms with Crippen molar-refractivity contribution in [3.63, 3.8) is 0 Å². The first-order valence-electron chi connectivity index (χ1n) is 6.39. The number of aromatic nitrogens is 1. The fraction of sp³-hybridized carbons (Fsp3) is 0.0588. The topological polar surface area (TPSA) is 30.2 Å². The number of ether oxygens (including phenoxy) is 1. The number of aryl methyl sites for hydroxylation is 1. The minimum absolute atomic E-state index is 0.350. The second kappa shape index (κ2) is 5.13. The van der Waals surface area contributed by atoms with Crippen LogP contribution < -0.4 is 9.30 Å². The first kappa shape index (κ1) is 12.4. The number of rotatable bonds is 2. The van der Waals surface area contributed by atoms with Gasteiger partial charge in [-0.25, -0.2) is 9.36 Å². The summed E-state index contributed by atoms with van der Waals surface area (Å²) in [6, 6.07) is 17.2. The minimum Gasteiger partial charge on any atom is -0.423 e. The Bertz CT molecular complexity index is 781. The van der Waals surface area contributed by atoms with E-state index in [-0.39, 0.29) is 5.97 Å². The molecule has 3 heteroatoms. The predicted molar refractivity (Wildman–Crippen MR) is 76.5 cm³/mol. The molecule has 20 heavy (non-hydrogen) atoms. The van der Waals surface area contributed by atoms with Crippen molar-refractivity contribution in [3.05, 3.63) is 72.6 Å². The molecule has 3 aromatic rings. The van der Waals surface area contributed by atoms with Crippen molar-refractivity contribution in [2.45, 2.75) is 0 Å². The summed E-state index contributed by atoms with van der Waals surface area (Å²) < 4.78 is 7.23. The van der Waals surface area contributed by atoms with Crippen molar-refractivity contribution in [2.24, 2.45) is 7.05 Å². The van der Waals surface area contributed by atoms with Crippen LogP contribution in [0.1, 0.15) is 10.4 Å². The van der Waals surface area contributed by atoms with Gasteiger partial charge in [0.25, 0.3) is 0 Å². The number of esters is 1. The summed E-state index contributed by atoms with van der Waals surface area (Å²) in [5, 5.41) is 2.18. The smallest absolute Gasteiger partial charge is 0.349 e. The number of pyridine rings is 1. The molecule has 98 valence electrons.